The number of carbonyl (C=O) groups excluding carboxylic acids is 2. The van der Waals surface area contributed by atoms with Crippen LogP contribution in [0.3, 0.4) is 0 Å². The molecule has 0 aliphatic carbocycles. The number of amides is 2. The summed E-state index contributed by atoms with van der Waals surface area (Å²) in [7, 11) is 0. The number of aromatic carboxylic acids is 1. The van der Waals surface area contributed by atoms with Gasteiger partial charge in [0, 0.05) is 16.3 Å². The Hall–Kier alpha value is -3.78. The van der Waals surface area contributed by atoms with E-state index in [9.17, 15) is 19.5 Å². The first-order chi connectivity index (χ1) is 14.9. The molecule has 3 aromatic rings. The van der Waals surface area contributed by atoms with E-state index in [1.54, 1.807) is 24.3 Å². The highest BCUT2D eigenvalue weighted by atomic mass is 32.2. The molecule has 0 atom stereocenters. The third kappa shape index (κ3) is 6.61. The predicted octanol–water partition coefficient (Wildman–Crippen LogP) is 4.00. The second kappa shape index (κ2) is 10.3. The molecule has 31 heavy (non-hydrogen) atoms. The first kappa shape index (κ1) is 21.9. The topological polar surface area (TPSA) is 116 Å². The van der Waals surface area contributed by atoms with Crippen molar-refractivity contribution in [2.24, 2.45) is 0 Å². The molecule has 7 nitrogen and oxygen atoms in total. The number of thioether (sulfide) groups is 1. The fourth-order valence-corrected chi connectivity index (χ4v) is 3.45. The van der Waals surface area contributed by atoms with Crippen LogP contribution in [-0.4, -0.2) is 33.7 Å². The summed E-state index contributed by atoms with van der Waals surface area (Å²) in [4.78, 5) is 36.2. The highest BCUT2D eigenvalue weighted by Gasteiger charge is 2.12. The van der Waals surface area contributed by atoms with Gasteiger partial charge >= 0.3 is 5.97 Å². The van der Waals surface area contributed by atoms with Gasteiger partial charge in [0.05, 0.1) is 12.2 Å². The summed E-state index contributed by atoms with van der Waals surface area (Å²) in [5.41, 5.74) is 1.61. The summed E-state index contributed by atoms with van der Waals surface area (Å²) < 4.78 is 0. The third-order valence-electron chi connectivity index (χ3n) is 4.23. The van der Waals surface area contributed by atoms with Crippen LogP contribution in [0.1, 0.15) is 15.9 Å². The van der Waals surface area contributed by atoms with Crippen molar-refractivity contribution in [1.29, 1.82) is 0 Å². The van der Waals surface area contributed by atoms with E-state index in [0.717, 1.165) is 10.5 Å². The van der Waals surface area contributed by atoms with E-state index in [-0.39, 0.29) is 34.6 Å². The molecule has 0 saturated heterocycles. The lowest BCUT2D eigenvalue weighted by Gasteiger charge is -2.08. The molecule has 0 bridgehead atoms. The van der Waals surface area contributed by atoms with E-state index in [1.807, 2.05) is 30.3 Å². The van der Waals surface area contributed by atoms with Crippen molar-refractivity contribution in [1.82, 2.24) is 0 Å². The second-order valence-electron chi connectivity index (χ2n) is 6.61. The van der Waals surface area contributed by atoms with Crippen molar-refractivity contribution >= 4 is 40.9 Å². The number of carboxylic acid groups (broad SMARTS) is 1. The molecule has 0 aromatic heterocycles. The van der Waals surface area contributed by atoms with Gasteiger partial charge in [0.2, 0.25) is 11.8 Å². The average Bonchev–Trinajstić information content (AvgIpc) is 2.75. The lowest BCUT2D eigenvalue weighted by molar-refractivity contribution is -0.115. The van der Waals surface area contributed by atoms with E-state index in [4.69, 9.17) is 5.11 Å². The maximum atomic E-state index is 12.1. The minimum absolute atomic E-state index is 0.111. The molecular formula is C23H20N2O5S. The zero-order valence-corrected chi connectivity index (χ0v) is 17.2. The molecule has 158 valence electrons. The van der Waals surface area contributed by atoms with Gasteiger partial charge in [-0.25, -0.2) is 4.79 Å². The Bertz CT molecular complexity index is 1080. The quantitative estimate of drug-likeness (QED) is 0.313. The van der Waals surface area contributed by atoms with Gasteiger partial charge < -0.3 is 20.8 Å². The molecule has 8 heteroatoms. The van der Waals surface area contributed by atoms with Crippen molar-refractivity contribution < 1.29 is 24.6 Å². The Balaban J connectivity index is 1.48. The van der Waals surface area contributed by atoms with E-state index < -0.39 is 5.97 Å². The lowest BCUT2D eigenvalue weighted by Crippen LogP contribution is -2.15. The van der Waals surface area contributed by atoms with Crippen LogP contribution in [0.15, 0.2) is 77.7 Å². The van der Waals surface area contributed by atoms with Gasteiger partial charge in [-0.05, 0) is 48.0 Å². The molecule has 0 saturated carbocycles. The maximum Gasteiger partial charge on any atom is 0.339 e. The zero-order valence-electron chi connectivity index (χ0n) is 16.4. The average molecular weight is 436 g/mol. The SMILES string of the molecule is O=C(CSc1ccc(NC(=O)Cc2ccccc2)cc1)Nc1ccc(O)c(C(=O)O)c1. The Kier molecular flexibility index (Phi) is 7.29. The molecule has 3 aromatic carbocycles. The van der Waals surface area contributed by atoms with Gasteiger partial charge in [0.25, 0.3) is 0 Å². The van der Waals surface area contributed by atoms with Crippen LogP contribution in [0, 0.1) is 0 Å². The van der Waals surface area contributed by atoms with Crippen molar-refractivity contribution in [2.75, 3.05) is 16.4 Å². The van der Waals surface area contributed by atoms with Crippen molar-refractivity contribution in [2.45, 2.75) is 11.3 Å². The number of hydrogen-bond acceptors (Lipinski definition) is 5. The molecule has 3 rings (SSSR count). The largest absolute Gasteiger partial charge is 0.507 e. The fourth-order valence-electron chi connectivity index (χ4n) is 2.75. The number of phenols is 1. The van der Waals surface area contributed by atoms with Crippen molar-refractivity contribution in [3.8, 4) is 5.75 Å². The smallest absolute Gasteiger partial charge is 0.339 e. The Labute approximate surface area is 183 Å². The normalized spacial score (nSPS) is 10.3. The van der Waals surface area contributed by atoms with Gasteiger partial charge in [-0.2, -0.15) is 0 Å². The molecule has 4 N–H and O–H groups in total. The minimum Gasteiger partial charge on any atom is -0.507 e. The molecule has 2 amide bonds. The number of carbonyl (C=O) groups is 3. The highest BCUT2D eigenvalue weighted by molar-refractivity contribution is 8.00. The first-order valence-corrected chi connectivity index (χ1v) is 10.3. The first-order valence-electron chi connectivity index (χ1n) is 9.33. The summed E-state index contributed by atoms with van der Waals surface area (Å²) in [5.74, 6) is -1.95. The van der Waals surface area contributed by atoms with Crippen LogP contribution in [0.2, 0.25) is 0 Å². The number of hydrogen-bond donors (Lipinski definition) is 4. The van der Waals surface area contributed by atoms with E-state index >= 15 is 0 Å². The van der Waals surface area contributed by atoms with Crippen LogP contribution in [0.4, 0.5) is 11.4 Å². The summed E-state index contributed by atoms with van der Waals surface area (Å²) in [5, 5.41) is 24.0. The van der Waals surface area contributed by atoms with E-state index in [0.29, 0.717) is 12.1 Å². The molecule has 0 fully saturated rings. The molecular weight excluding hydrogens is 416 g/mol. The Morgan fingerprint density at radius 3 is 2.13 bits per heavy atom. The highest BCUT2D eigenvalue weighted by Crippen LogP contribution is 2.23. The van der Waals surface area contributed by atoms with Gasteiger partial charge in [-0.1, -0.05) is 30.3 Å². The Morgan fingerprint density at radius 1 is 0.806 bits per heavy atom. The molecule has 0 heterocycles. The van der Waals surface area contributed by atoms with Crippen LogP contribution < -0.4 is 10.6 Å². The van der Waals surface area contributed by atoms with Crippen LogP contribution in [-0.2, 0) is 16.0 Å². The number of benzene rings is 3. The zero-order chi connectivity index (χ0) is 22.2. The van der Waals surface area contributed by atoms with Gasteiger partial charge in [-0.15, -0.1) is 11.8 Å². The van der Waals surface area contributed by atoms with E-state index in [1.165, 1.54) is 30.0 Å². The molecule has 0 aliphatic heterocycles. The summed E-state index contributed by atoms with van der Waals surface area (Å²) >= 11 is 1.30. The maximum absolute atomic E-state index is 12.1. The van der Waals surface area contributed by atoms with Crippen LogP contribution in [0.5, 0.6) is 5.75 Å². The second-order valence-corrected chi connectivity index (χ2v) is 7.66. The standard InChI is InChI=1S/C23H20N2O5S/c26-20-11-8-17(13-19(20)23(29)30)25-22(28)14-31-18-9-6-16(7-10-18)24-21(27)12-15-4-2-1-3-5-15/h1-11,13,26H,12,14H2,(H,24,27)(H,25,28)(H,29,30). The van der Waals surface area contributed by atoms with Gasteiger partial charge in [0.15, 0.2) is 0 Å². The predicted molar refractivity (Wildman–Crippen MR) is 120 cm³/mol. The molecule has 0 spiro atoms. The summed E-state index contributed by atoms with van der Waals surface area (Å²) in [6.07, 6.45) is 0.290. The number of carboxylic acids is 1. The van der Waals surface area contributed by atoms with E-state index in [2.05, 4.69) is 10.6 Å². The molecule has 0 aliphatic rings. The van der Waals surface area contributed by atoms with Gasteiger partial charge in [-0.3, -0.25) is 9.59 Å². The van der Waals surface area contributed by atoms with Gasteiger partial charge in [0.1, 0.15) is 11.3 Å². The monoisotopic (exact) mass is 436 g/mol. The van der Waals surface area contributed by atoms with Crippen LogP contribution >= 0.6 is 11.8 Å². The number of nitrogens with one attached hydrogen (secondary N) is 2. The number of aromatic hydroxyl groups is 1. The number of rotatable bonds is 8. The summed E-state index contributed by atoms with van der Waals surface area (Å²) in [6, 6.07) is 20.4. The Morgan fingerprint density at radius 2 is 1.45 bits per heavy atom. The minimum atomic E-state index is -1.28. The molecule has 0 radical (unpaired) electrons. The van der Waals surface area contributed by atoms with Crippen molar-refractivity contribution in [3.05, 3.63) is 83.9 Å². The molecule has 0 unspecified atom stereocenters. The summed E-state index contributed by atoms with van der Waals surface area (Å²) in [6.45, 7) is 0. The third-order valence-corrected chi connectivity index (χ3v) is 5.24. The fraction of sp³-hybridized carbons (Fsp3) is 0.0870. The van der Waals surface area contributed by atoms with Crippen molar-refractivity contribution in [3.63, 3.8) is 0 Å². The van der Waals surface area contributed by atoms with Crippen LogP contribution in [0.25, 0.3) is 0 Å². The number of anilines is 2. The lowest BCUT2D eigenvalue weighted by atomic mass is 10.1.